The van der Waals surface area contributed by atoms with E-state index in [0.29, 0.717) is 18.8 Å². The van der Waals surface area contributed by atoms with Crippen molar-refractivity contribution in [2.75, 3.05) is 13.2 Å². The summed E-state index contributed by atoms with van der Waals surface area (Å²) in [6.07, 6.45) is 11.7. The summed E-state index contributed by atoms with van der Waals surface area (Å²) in [4.78, 5) is 11.0. The van der Waals surface area contributed by atoms with E-state index in [9.17, 15) is 14.3 Å². The fourth-order valence-electron chi connectivity index (χ4n) is 4.66. The van der Waals surface area contributed by atoms with Crippen LogP contribution in [0, 0.1) is 5.82 Å². The zero-order valence-corrected chi connectivity index (χ0v) is 24.9. The van der Waals surface area contributed by atoms with Gasteiger partial charge in [-0.05, 0) is 79.5 Å². The molecule has 0 bridgehead atoms. The Morgan fingerprint density at radius 3 is 2.12 bits per heavy atom. The lowest BCUT2D eigenvalue weighted by atomic mass is 10.0. The number of carbonyl (C=O) groups is 1. The Morgan fingerprint density at radius 1 is 0.833 bits per heavy atom. The maximum absolute atomic E-state index is 14.7. The molecule has 0 spiro atoms. The van der Waals surface area contributed by atoms with Gasteiger partial charge in [0.25, 0.3) is 0 Å². The molecule has 3 aromatic rings. The number of esters is 1. The van der Waals surface area contributed by atoms with Crippen molar-refractivity contribution in [3.05, 3.63) is 96.3 Å². The second kappa shape index (κ2) is 18.7. The molecule has 0 saturated carbocycles. The lowest BCUT2D eigenvalue weighted by Crippen LogP contribution is -2.07. The number of rotatable bonds is 20. The van der Waals surface area contributed by atoms with Crippen molar-refractivity contribution in [3.63, 3.8) is 0 Å². The third kappa shape index (κ3) is 11.7. The first kappa shape index (κ1) is 32.9. The highest BCUT2D eigenvalue weighted by Gasteiger charge is 2.13. The van der Waals surface area contributed by atoms with E-state index in [1.807, 2.05) is 42.5 Å². The summed E-state index contributed by atoms with van der Waals surface area (Å²) in [6.45, 7) is 6.63. The van der Waals surface area contributed by atoms with Gasteiger partial charge < -0.3 is 19.3 Å². The first-order valence-corrected chi connectivity index (χ1v) is 15.3. The van der Waals surface area contributed by atoms with Crippen LogP contribution >= 0.6 is 0 Å². The van der Waals surface area contributed by atoms with E-state index in [1.165, 1.54) is 37.8 Å². The standard InChI is InChI=1S/C36H45FO5/c1-3-5-6-7-8-11-14-28-15-24-34(33(37)27-28)42-36(39)31-18-16-29(17-19-31)30-20-22-32(23-21-30)40-25-12-9-10-13-26-41-35(38)4-2/h4,15-24,27,36,39H,2-3,5-14,25-26H2,1H3. The molecule has 3 aromatic carbocycles. The van der Waals surface area contributed by atoms with Gasteiger partial charge in [-0.3, -0.25) is 0 Å². The first-order valence-electron chi connectivity index (χ1n) is 15.3. The third-order valence-corrected chi connectivity index (χ3v) is 7.16. The molecule has 0 aliphatic heterocycles. The van der Waals surface area contributed by atoms with Crippen LogP contribution in [0.5, 0.6) is 11.5 Å². The van der Waals surface area contributed by atoms with Crippen LogP contribution in [-0.4, -0.2) is 24.3 Å². The van der Waals surface area contributed by atoms with Gasteiger partial charge in [0.15, 0.2) is 11.6 Å². The summed E-state index contributed by atoms with van der Waals surface area (Å²) in [5, 5.41) is 10.6. The molecule has 42 heavy (non-hydrogen) atoms. The van der Waals surface area contributed by atoms with Crippen LogP contribution in [0.4, 0.5) is 4.39 Å². The van der Waals surface area contributed by atoms with Crippen molar-refractivity contribution in [2.45, 2.75) is 83.8 Å². The number of aliphatic hydroxyl groups is 1. The summed E-state index contributed by atoms with van der Waals surface area (Å²) in [7, 11) is 0. The molecule has 3 rings (SSSR count). The van der Waals surface area contributed by atoms with Gasteiger partial charge >= 0.3 is 5.97 Å². The molecule has 5 nitrogen and oxygen atoms in total. The molecule has 6 heteroatoms. The fourth-order valence-corrected chi connectivity index (χ4v) is 4.66. The van der Waals surface area contributed by atoms with E-state index in [-0.39, 0.29) is 11.7 Å². The predicted molar refractivity (Wildman–Crippen MR) is 166 cm³/mol. The molecule has 1 atom stereocenters. The van der Waals surface area contributed by atoms with Crippen molar-refractivity contribution in [3.8, 4) is 22.6 Å². The first-order chi connectivity index (χ1) is 20.5. The summed E-state index contributed by atoms with van der Waals surface area (Å²) < 4.78 is 31.0. The topological polar surface area (TPSA) is 65.0 Å². The third-order valence-electron chi connectivity index (χ3n) is 7.16. The molecule has 0 saturated heterocycles. The van der Waals surface area contributed by atoms with Crippen LogP contribution in [0.1, 0.15) is 88.5 Å². The van der Waals surface area contributed by atoms with E-state index >= 15 is 0 Å². The van der Waals surface area contributed by atoms with Crippen molar-refractivity contribution >= 4 is 5.97 Å². The minimum absolute atomic E-state index is 0.0443. The molecule has 0 aliphatic rings. The Labute approximate surface area is 250 Å². The summed E-state index contributed by atoms with van der Waals surface area (Å²) >= 11 is 0. The van der Waals surface area contributed by atoms with Gasteiger partial charge in [-0.2, -0.15) is 0 Å². The quantitative estimate of drug-likeness (QED) is 0.0629. The average molecular weight is 577 g/mol. The van der Waals surface area contributed by atoms with E-state index in [1.54, 1.807) is 18.2 Å². The smallest absolute Gasteiger partial charge is 0.330 e. The Morgan fingerprint density at radius 2 is 1.45 bits per heavy atom. The van der Waals surface area contributed by atoms with Gasteiger partial charge in [-0.15, -0.1) is 0 Å². The lowest BCUT2D eigenvalue weighted by molar-refractivity contribution is -0.137. The van der Waals surface area contributed by atoms with Gasteiger partial charge in [0, 0.05) is 11.6 Å². The van der Waals surface area contributed by atoms with Crippen LogP contribution in [0.15, 0.2) is 79.4 Å². The van der Waals surface area contributed by atoms with Crippen LogP contribution in [0.3, 0.4) is 0 Å². The second-order valence-corrected chi connectivity index (χ2v) is 10.5. The zero-order valence-electron chi connectivity index (χ0n) is 24.9. The highest BCUT2D eigenvalue weighted by atomic mass is 19.1. The van der Waals surface area contributed by atoms with Crippen molar-refractivity contribution in [1.82, 2.24) is 0 Å². The molecule has 1 N–H and O–H groups in total. The minimum Gasteiger partial charge on any atom is -0.494 e. The normalized spacial score (nSPS) is 11.6. The molecule has 0 fully saturated rings. The highest BCUT2D eigenvalue weighted by molar-refractivity contribution is 5.81. The largest absolute Gasteiger partial charge is 0.494 e. The van der Waals surface area contributed by atoms with Crippen molar-refractivity contribution in [2.24, 2.45) is 0 Å². The monoisotopic (exact) mass is 576 g/mol. The Balaban J connectivity index is 1.40. The average Bonchev–Trinajstić information content (AvgIpc) is 3.01. The molecule has 0 radical (unpaired) electrons. The molecule has 226 valence electrons. The van der Waals surface area contributed by atoms with E-state index in [4.69, 9.17) is 14.2 Å². The van der Waals surface area contributed by atoms with Gasteiger partial charge in [-0.1, -0.05) is 88.1 Å². The number of halogens is 1. The van der Waals surface area contributed by atoms with Gasteiger partial charge in [0.2, 0.25) is 6.29 Å². The second-order valence-electron chi connectivity index (χ2n) is 10.5. The van der Waals surface area contributed by atoms with Crippen molar-refractivity contribution < 1.29 is 28.5 Å². The number of benzene rings is 3. The van der Waals surface area contributed by atoms with Crippen LogP contribution in [0.25, 0.3) is 11.1 Å². The van der Waals surface area contributed by atoms with Gasteiger partial charge in [-0.25, -0.2) is 9.18 Å². The fraction of sp³-hybridized carbons (Fsp3) is 0.417. The molecule has 0 aliphatic carbocycles. The number of hydrogen-bond donors (Lipinski definition) is 1. The van der Waals surface area contributed by atoms with Crippen LogP contribution < -0.4 is 9.47 Å². The minimum atomic E-state index is -1.27. The molecule has 0 heterocycles. The summed E-state index contributed by atoms with van der Waals surface area (Å²) in [6, 6.07) is 20.2. The van der Waals surface area contributed by atoms with Crippen LogP contribution in [-0.2, 0) is 16.0 Å². The Kier molecular flexibility index (Phi) is 14.7. The molecule has 1 unspecified atom stereocenters. The number of hydrogen-bond acceptors (Lipinski definition) is 5. The molecule has 0 amide bonds. The van der Waals surface area contributed by atoms with E-state index < -0.39 is 12.1 Å². The lowest BCUT2D eigenvalue weighted by Gasteiger charge is -2.15. The number of unbranched alkanes of at least 4 members (excludes halogenated alkanes) is 8. The van der Waals surface area contributed by atoms with Crippen molar-refractivity contribution in [1.29, 1.82) is 0 Å². The molecule has 0 aromatic heterocycles. The van der Waals surface area contributed by atoms with E-state index in [0.717, 1.165) is 67.4 Å². The van der Waals surface area contributed by atoms with Crippen LogP contribution in [0.2, 0.25) is 0 Å². The molecular formula is C36H45FO5. The van der Waals surface area contributed by atoms with Gasteiger partial charge in [0.1, 0.15) is 5.75 Å². The number of carbonyl (C=O) groups excluding carboxylic acids is 1. The highest BCUT2D eigenvalue weighted by Crippen LogP contribution is 2.28. The summed E-state index contributed by atoms with van der Waals surface area (Å²) in [5.41, 5.74) is 3.50. The maximum atomic E-state index is 14.7. The molecular weight excluding hydrogens is 531 g/mol. The van der Waals surface area contributed by atoms with E-state index in [2.05, 4.69) is 13.5 Å². The SMILES string of the molecule is C=CC(=O)OCCCCCCOc1ccc(-c2ccc(C(O)Oc3ccc(CCCCCCCC)cc3F)cc2)cc1. The Bertz CT molecular complexity index is 1210. The maximum Gasteiger partial charge on any atom is 0.330 e. The zero-order chi connectivity index (χ0) is 30.0. The number of aliphatic hydroxyl groups excluding tert-OH is 1. The van der Waals surface area contributed by atoms with Gasteiger partial charge in [0.05, 0.1) is 13.2 Å². The Hall–Kier alpha value is -3.64. The summed E-state index contributed by atoms with van der Waals surface area (Å²) in [5.74, 6) is 0.0150. The number of aryl methyl sites for hydroxylation is 1. The number of ether oxygens (including phenoxy) is 3. The predicted octanol–water partition coefficient (Wildman–Crippen LogP) is 9.13.